The van der Waals surface area contributed by atoms with Crippen LogP contribution in [0.5, 0.6) is 0 Å². The lowest BCUT2D eigenvalue weighted by atomic mass is 10.1. The summed E-state index contributed by atoms with van der Waals surface area (Å²) in [5.74, 6) is -0.205. The fraction of sp³-hybridized carbons (Fsp3) is 0.190. The monoisotopic (exact) mass is 397 g/mol. The highest BCUT2D eigenvalue weighted by atomic mass is 32.2. The van der Waals surface area contributed by atoms with Crippen molar-refractivity contribution in [2.45, 2.75) is 24.0 Å². The van der Waals surface area contributed by atoms with Crippen molar-refractivity contribution in [1.29, 1.82) is 0 Å². The van der Waals surface area contributed by atoms with Gasteiger partial charge in [-0.25, -0.2) is 8.42 Å². The van der Waals surface area contributed by atoms with E-state index >= 15 is 0 Å². The molecule has 6 heteroatoms. The van der Waals surface area contributed by atoms with Gasteiger partial charge >= 0.3 is 0 Å². The maximum Gasteiger partial charge on any atom is 0.261 e. The number of nitrogens with one attached hydrogen (secondary N) is 1. The summed E-state index contributed by atoms with van der Waals surface area (Å²) >= 11 is 1.36. The second-order valence-electron chi connectivity index (χ2n) is 6.71. The second-order valence-corrected chi connectivity index (χ2v) is 9.72. The smallest absolute Gasteiger partial charge is 0.261 e. The molecule has 1 aromatic heterocycles. The van der Waals surface area contributed by atoms with Gasteiger partial charge in [-0.05, 0) is 36.6 Å². The molecule has 0 spiro atoms. The van der Waals surface area contributed by atoms with E-state index in [1.54, 1.807) is 24.3 Å². The van der Waals surface area contributed by atoms with E-state index in [0.29, 0.717) is 27.4 Å². The average Bonchev–Trinajstić information content (AvgIpc) is 3.07. The summed E-state index contributed by atoms with van der Waals surface area (Å²) in [6.45, 7) is 2.59. The SMILES string of the molecule is Cc1ccc(CCNC(=O)c2cc3c(s2)-c2ccccc2S(=O)(=O)C3)cc1. The van der Waals surface area contributed by atoms with Gasteiger partial charge in [0, 0.05) is 17.0 Å². The summed E-state index contributed by atoms with van der Waals surface area (Å²) in [6.07, 6.45) is 0.758. The zero-order valence-corrected chi connectivity index (χ0v) is 16.5. The Morgan fingerprint density at radius 3 is 2.63 bits per heavy atom. The van der Waals surface area contributed by atoms with Crippen LogP contribution < -0.4 is 5.32 Å². The van der Waals surface area contributed by atoms with Crippen LogP contribution in [0.3, 0.4) is 0 Å². The first kappa shape index (κ1) is 17.9. The van der Waals surface area contributed by atoms with Crippen molar-refractivity contribution < 1.29 is 13.2 Å². The first-order valence-electron chi connectivity index (χ1n) is 8.73. The standard InChI is InChI=1S/C21H19NO3S2/c1-14-6-8-15(9-7-14)10-11-22-21(23)18-12-16-13-27(24,25)19-5-3-2-4-17(19)20(16)26-18/h2-9,12H,10-11,13H2,1H3,(H,22,23). The highest BCUT2D eigenvalue weighted by molar-refractivity contribution is 7.91. The van der Waals surface area contributed by atoms with E-state index < -0.39 is 9.84 Å². The Hall–Kier alpha value is -2.44. The van der Waals surface area contributed by atoms with Gasteiger partial charge in [-0.1, -0.05) is 48.0 Å². The molecule has 2 aromatic carbocycles. The normalized spacial score (nSPS) is 14.3. The van der Waals surface area contributed by atoms with Crippen LogP contribution in [-0.4, -0.2) is 20.9 Å². The van der Waals surface area contributed by atoms with Crippen LogP contribution in [-0.2, 0) is 22.0 Å². The van der Waals surface area contributed by atoms with Crippen molar-refractivity contribution in [3.05, 3.63) is 76.2 Å². The fourth-order valence-electron chi connectivity index (χ4n) is 3.25. The number of amides is 1. The Morgan fingerprint density at radius 2 is 1.85 bits per heavy atom. The van der Waals surface area contributed by atoms with Crippen LogP contribution in [0.4, 0.5) is 0 Å². The molecule has 3 aromatic rings. The topological polar surface area (TPSA) is 63.2 Å². The highest BCUT2D eigenvalue weighted by Crippen LogP contribution is 2.42. The minimum absolute atomic E-state index is 0.0491. The number of thiophene rings is 1. The van der Waals surface area contributed by atoms with Crippen molar-refractivity contribution in [1.82, 2.24) is 5.32 Å². The van der Waals surface area contributed by atoms with Gasteiger partial charge in [-0.2, -0.15) is 0 Å². The van der Waals surface area contributed by atoms with Crippen molar-refractivity contribution in [2.24, 2.45) is 0 Å². The number of hydrogen-bond acceptors (Lipinski definition) is 4. The molecule has 27 heavy (non-hydrogen) atoms. The molecule has 1 aliphatic rings. The summed E-state index contributed by atoms with van der Waals surface area (Å²) < 4.78 is 24.9. The van der Waals surface area contributed by atoms with E-state index in [0.717, 1.165) is 11.3 Å². The number of carbonyl (C=O) groups is 1. The summed E-state index contributed by atoms with van der Waals surface area (Å²) in [4.78, 5) is 14.3. The van der Waals surface area contributed by atoms with Crippen molar-refractivity contribution in [3.8, 4) is 10.4 Å². The number of hydrogen-bond donors (Lipinski definition) is 1. The Balaban J connectivity index is 1.51. The summed E-state index contributed by atoms with van der Waals surface area (Å²) in [5, 5.41) is 2.94. The lowest BCUT2D eigenvalue weighted by Crippen LogP contribution is -2.24. The Labute approximate surface area is 162 Å². The molecule has 2 heterocycles. The largest absolute Gasteiger partial charge is 0.351 e. The number of aryl methyl sites for hydroxylation is 1. The minimum atomic E-state index is -3.35. The maximum absolute atomic E-state index is 12.5. The molecule has 0 unspecified atom stereocenters. The van der Waals surface area contributed by atoms with E-state index in [2.05, 4.69) is 29.6 Å². The van der Waals surface area contributed by atoms with Crippen molar-refractivity contribution in [2.75, 3.05) is 6.54 Å². The van der Waals surface area contributed by atoms with E-state index in [-0.39, 0.29) is 11.7 Å². The Kier molecular flexibility index (Phi) is 4.61. The van der Waals surface area contributed by atoms with E-state index in [9.17, 15) is 13.2 Å². The summed E-state index contributed by atoms with van der Waals surface area (Å²) in [7, 11) is -3.35. The van der Waals surface area contributed by atoms with Gasteiger partial charge in [0.25, 0.3) is 5.91 Å². The number of benzene rings is 2. The third-order valence-electron chi connectivity index (χ3n) is 4.66. The lowest BCUT2D eigenvalue weighted by molar-refractivity contribution is 0.0958. The van der Waals surface area contributed by atoms with Crippen molar-refractivity contribution in [3.63, 3.8) is 0 Å². The van der Waals surface area contributed by atoms with E-state index in [1.807, 2.05) is 13.0 Å². The van der Waals surface area contributed by atoms with Crippen LogP contribution in [0.15, 0.2) is 59.5 Å². The zero-order valence-electron chi connectivity index (χ0n) is 14.9. The maximum atomic E-state index is 12.5. The number of sulfone groups is 1. The molecule has 0 fully saturated rings. The van der Waals surface area contributed by atoms with E-state index in [4.69, 9.17) is 0 Å². The molecule has 1 N–H and O–H groups in total. The van der Waals surface area contributed by atoms with Crippen LogP contribution in [0.2, 0.25) is 0 Å². The quantitative estimate of drug-likeness (QED) is 0.724. The molecule has 1 amide bonds. The first-order chi connectivity index (χ1) is 12.9. The summed E-state index contributed by atoms with van der Waals surface area (Å²) in [5.41, 5.74) is 3.79. The zero-order chi connectivity index (χ0) is 19.0. The van der Waals surface area contributed by atoms with Crippen molar-refractivity contribution >= 4 is 27.1 Å². The van der Waals surface area contributed by atoms with Gasteiger partial charge in [-0.15, -0.1) is 11.3 Å². The van der Waals surface area contributed by atoms with Gasteiger partial charge < -0.3 is 5.32 Å². The molecule has 0 radical (unpaired) electrons. The van der Waals surface area contributed by atoms with Gasteiger partial charge in [0.15, 0.2) is 9.84 Å². The first-order valence-corrected chi connectivity index (χ1v) is 11.2. The molecule has 0 saturated heterocycles. The number of fused-ring (bicyclic) bond motifs is 3. The van der Waals surface area contributed by atoms with Crippen LogP contribution >= 0.6 is 11.3 Å². The molecule has 0 atom stereocenters. The molecular formula is C21H19NO3S2. The molecular weight excluding hydrogens is 378 g/mol. The third kappa shape index (κ3) is 3.55. The van der Waals surface area contributed by atoms with Crippen LogP contribution in [0, 0.1) is 6.92 Å². The van der Waals surface area contributed by atoms with Gasteiger partial charge in [0.1, 0.15) is 0 Å². The van der Waals surface area contributed by atoms with Gasteiger partial charge in [0.2, 0.25) is 0 Å². The summed E-state index contributed by atoms with van der Waals surface area (Å²) in [6, 6.07) is 17.0. The van der Waals surface area contributed by atoms with E-state index in [1.165, 1.54) is 22.5 Å². The van der Waals surface area contributed by atoms with Crippen LogP contribution in [0.25, 0.3) is 10.4 Å². The molecule has 138 valence electrons. The number of carbonyl (C=O) groups excluding carboxylic acids is 1. The molecule has 0 aliphatic carbocycles. The highest BCUT2D eigenvalue weighted by Gasteiger charge is 2.30. The fourth-order valence-corrected chi connectivity index (χ4v) is 6.12. The molecule has 0 bridgehead atoms. The number of rotatable bonds is 4. The Morgan fingerprint density at radius 1 is 1.11 bits per heavy atom. The second kappa shape index (κ2) is 6.94. The molecule has 4 rings (SSSR count). The minimum Gasteiger partial charge on any atom is -0.351 e. The van der Waals surface area contributed by atoms with Gasteiger partial charge in [0.05, 0.1) is 15.5 Å². The Bertz CT molecular complexity index is 1110. The third-order valence-corrected chi connectivity index (χ3v) is 7.59. The average molecular weight is 398 g/mol. The van der Waals surface area contributed by atoms with Crippen LogP contribution in [0.1, 0.15) is 26.4 Å². The van der Waals surface area contributed by atoms with Gasteiger partial charge in [-0.3, -0.25) is 4.79 Å². The molecule has 4 nitrogen and oxygen atoms in total. The lowest BCUT2D eigenvalue weighted by Gasteiger charge is -2.15. The predicted octanol–water partition coefficient (Wildman–Crippen LogP) is 3.98. The predicted molar refractivity (Wildman–Crippen MR) is 108 cm³/mol. The molecule has 0 saturated carbocycles. The molecule has 1 aliphatic heterocycles.